The molecule has 1 unspecified atom stereocenters. The van der Waals surface area contributed by atoms with Gasteiger partial charge in [-0.15, -0.1) is 0 Å². The fraction of sp³-hybridized carbons (Fsp3) is 0.263. The summed E-state index contributed by atoms with van der Waals surface area (Å²) in [5.74, 6) is 0. The molecule has 0 aliphatic carbocycles. The molecule has 0 bridgehead atoms. The third-order valence-corrected chi connectivity index (χ3v) is 4.90. The van der Waals surface area contributed by atoms with Crippen LogP contribution in [-0.2, 0) is 4.74 Å². The Balaban J connectivity index is 1.76. The van der Waals surface area contributed by atoms with E-state index < -0.39 is 0 Å². The van der Waals surface area contributed by atoms with Crippen molar-refractivity contribution >= 4 is 45.6 Å². The highest BCUT2D eigenvalue weighted by Gasteiger charge is 2.20. The molecule has 4 nitrogen and oxygen atoms in total. The molecular formula is C19H18IN3O. The van der Waals surface area contributed by atoms with Gasteiger partial charge in [0.15, 0.2) is 6.23 Å². The second kappa shape index (κ2) is 7.03. The standard InChI is InChI=1S/C19H18IN3O/c20-14-7-9-16-17(10-8-15-5-1-3-11-21-15)22-23(18(16)13-14)19-6-2-4-12-24-19/h1,3,5,7-11,13,19H,2,4,6,12H2. The molecule has 0 N–H and O–H groups in total. The Morgan fingerprint density at radius 2 is 2.12 bits per heavy atom. The van der Waals surface area contributed by atoms with Crippen molar-refractivity contribution in [3.63, 3.8) is 0 Å². The van der Waals surface area contributed by atoms with Crippen LogP contribution in [0.4, 0.5) is 0 Å². The Morgan fingerprint density at radius 3 is 2.92 bits per heavy atom. The third kappa shape index (κ3) is 3.23. The van der Waals surface area contributed by atoms with Gasteiger partial charge in [-0.1, -0.05) is 6.07 Å². The molecule has 0 radical (unpaired) electrons. The molecule has 0 spiro atoms. The van der Waals surface area contributed by atoms with Crippen LogP contribution in [0.15, 0.2) is 42.6 Å². The van der Waals surface area contributed by atoms with Gasteiger partial charge < -0.3 is 4.74 Å². The molecular weight excluding hydrogens is 413 g/mol. The van der Waals surface area contributed by atoms with Crippen LogP contribution in [0.25, 0.3) is 23.1 Å². The van der Waals surface area contributed by atoms with Crippen LogP contribution in [0.2, 0.25) is 0 Å². The lowest BCUT2D eigenvalue weighted by Gasteiger charge is -2.23. The van der Waals surface area contributed by atoms with Crippen molar-refractivity contribution in [1.82, 2.24) is 14.8 Å². The van der Waals surface area contributed by atoms with Crippen LogP contribution in [-0.4, -0.2) is 21.4 Å². The normalized spacial score (nSPS) is 18.5. The van der Waals surface area contributed by atoms with Crippen LogP contribution in [0.3, 0.4) is 0 Å². The predicted octanol–water partition coefficient (Wildman–Crippen LogP) is 4.91. The van der Waals surface area contributed by atoms with Crippen LogP contribution in [0.1, 0.15) is 36.9 Å². The summed E-state index contributed by atoms with van der Waals surface area (Å²) in [6, 6.07) is 12.3. The highest BCUT2D eigenvalue weighted by atomic mass is 127. The first kappa shape index (κ1) is 15.8. The quantitative estimate of drug-likeness (QED) is 0.554. The Morgan fingerprint density at radius 1 is 1.17 bits per heavy atom. The van der Waals surface area contributed by atoms with Gasteiger partial charge in [0, 0.05) is 21.8 Å². The molecule has 3 aromatic rings. The van der Waals surface area contributed by atoms with E-state index in [-0.39, 0.29) is 6.23 Å². The summed E-state index contributed by atoms with van der Waals surface area (Å²) >= 11 is 2.35. The van der Waals surface area contributed by atoms with Gasteiger partial charge in [0.2, 0.25) is 0 Å². The molecule has 24 heavy (non-hydrogen) atoms. The molecule has 1 atom stereocenters. The highest BCUT2D eigenvalue weighted by molar-refractivity contribution is 14.1. The SMILES string of the molecule is Ic1ccc2c(C=Cc3ccccn3)nn(C3CCCCO3)c2c1. The molecule has 1 saturated heterocycles. The summed E-state index contributed by atoms with van der Waals surface area (Å²) in [5, 5.41) is 5.99. The van der Waals surface area contributed by atoms with Crippen molar-refractivity contribution in [3.8, 4) is 0 Å². The number of nitrogens with zero attached hydrogens (tertiary/aromatic N) is 3. The van der Waals surface area contributed by atoms with Crippen molar-refractivity contribution < 1.29 is 4.74 Å². The second-order valence-electron chi connectivity index (χ2n) is 5.90. The topological polar surface area (TPSA) is 39.9 Å². The molecule has 1 fully saturated rings. The lowest BCUT2D eigenvalue weighted by molar-refractivity contribution is -0.0367. The molecule has 5 heteroatoms. The van der Waals surface area contributed by atoms with Gasteiger partial charge in [0.05, 0.1) is 16.9 Å². The number of benzene rings is 1. The van der Waals surface area contributed by atoms with E-state index in [2.05, 4.69) is 50.5 Å². The minimum Gasteiger partial charge on any atom is -0.356 e. The van der Waals surface area contributed by atoms with Gasteiger partial charge >= 0.3 is 0 Å². The highest BCUT2D eigenvalue weighted by Crippen LogP contribution is 2.29. The van der Waals surface area contributed by atoms with Crippen LogP contribution < -0.4 is 0 Å². The monoisotopic (exact) mass is 431 g/mol. The van der Waals surface area contributed by atoms with Gasteiger partial charge in [0.1, 0.15) is 0 Å². The first-order valence-electron chi connectivity index (χ1n) is 8.20. The fourth-order valence-corrected chi connectivity index (χ4v) is 3.51. The maximum atomic E-state index is 5.95. The maximum absolute atomic E-state index is 5.95. The first-order valence-corrected chi connectivity index (χ1v) is 9.27. The summed E-state index contributed by atoms with van der Waals surface area (Å²) in [6.07, 6.45) is 9.23. The number of fused-ring (bicyclic) bond motifs is 1. The van der Waals surface area contributed by atoms with Crippen LogP contribution in [0.5, 0.6) is 0 Å². The lowest BCUT2D eigenvalue weighted by Crippen LogP contribution is -2.19. The zero-order chi connectivity index (χ0) is 16.4. The fourth-order valence-electron chi connectivity index (χ4n) is 3.03. The summed E-state index contributed by atoms with van der Waals surface area (Å²) in [4.78, 5) is 4.34. The first-order chi connectivity index (χ1) is 11.8. The molecule has 4 rings (SSSR count). The van der Waals surface area contributed by atoms with Crippen molar-refractivity contribution in [2.75, 3.05) is 6.61 Å². The minimum atomic E-state index is 0.0384. The number of pyridine rings is 1. The zero-order valence-electron chi connectivity index (χ0n) is 13.2. The molecule has 0 saturated carbocycles. The van der Waals surface area contributed by atoms with Gasteiger partial charge in [-0.25, -0.2) is 4.68 Å². The van der Waals surface area contributed by atoms with E-state index in [0.29, 0.717) is 0 Å². The van der Waals surface area contributed by atoms with E-state index >= 15 is 0 Å². The van der Waals surface area contributed by atoms with Crippen molar-refractivity contribution in [2.45, 2.75) is 25.5 Å². The number of ether oxygens (including phenoxy) is 1. The summed E-state index contributed by atoms with van der Waals surface area (Å²) < 4.78 is 9.21. The van der Waals surface area contributed by atoms with Gasteiger partial charge in [-0.2, -0.15) is 5.10 Å². The second-order valence-corrected chi connectivity index (χ2v) is 7.15. The molecule has 2 aromatic heterocycles. The number of hydrogen-bond donors (Lipinski definition) is 0. The van der Waals surface area contributed by atoms with E-state index in [0.717, 1.165) is 41.7 Å². The molecule has 1 aromatic carbocycles. The summed E-state index contributed by atoms with van der Waals surface area (Å²) in [7, 11) is 0. The Hall–Kier alpha value is -1.73. The van der Waals surface area contributed by atoms with E-state index in [4.69, 9.17) is 9.84 Å². The number of aromatic nitrogens is 3. The minimum absolute atomic E-state index is 0.0384. The Labute approximate surface area is 154 Å². The number of halogens is 1. The van der Waals surface area contributed by atoms with Crippen LogP contribution >= 0.6 is 22.6 Å². The Bertz CT molecular complexity index is 867. The molecule has 1 aliphatic rings. The summed E-state index contributed by atoms with van der Waals surface area (Å²) in [6.45, 7) is 0.815. The largest absolute Gasteiger partial charge is 0.356 e. The average Bonchev–Trinajstić information content (AvgIpc) is 2.99. The van der Waals surface area contributed by atoms with E-state index in [9.17, 15) is 0 Å². The molecule has 1 aliphatic heterocycles. The van der Waals surface area contributed by atoms with Crippen molar-refractivity contribution in [1.29, 1.82) is 0 Å². The van der Waals surface area contributed by atoms with Gasteiger partial charge in [-0.05, 0) is 84.3 Å². The molecule has 0 amide bonds. The number of rotatable bonds is 3. The Kier molecular flexibility index (Phi) is 4.62. The van der Waals surface area contributed by atoms with E-state index in [1.165, 1.54) is 9.99 Å². The summed E-state index contributed by atoms with van der Waals surface area (Å²) in [5.41, 5.74) is 3.02. The lowest BCUT2D eigenvalue weighted by atomic mass is 10.1. The van der Waals surface area contributed by atoms with E-state index in [1.54, 1.807) is 6.20 Å². The van der Waals surface area contributed by atoms with Gasteiger partial charge in [0.25, 0.3) is 0 Å². The van der Waals surface area contributed by atoms with Gasteiger partial charge in [-0.3, -0.25) is 4.98 Å². The van der Waals surface area contributed by atoms with Crippen molar-refractivity contribution in [2.24, 2.45) is 0 Å². The predicted molar refractivity (Wildman–Crippen MR) is 104 cm³/mol. The zero-order valence-corrected chi connectivity index (χ0v) is 15.4. The molecule has 3 heterocycles. The third-order valence-electron chi connectivity index (χ3n) is 4.23. The maximum Gasteiger partial charge on any atom is 0.150 e. The smallest absolute Gasteiger partial charge is 0.150 e. The van der Waals surface area contributed by atoms with Crippen molar-refractivity contribution in [3.05, 3.63) is 57.6 Å². The van der Waals surface area contributed by atoms with E-state index in [1.807, 2.05) is 30.4 Å². The van der Waals surface area contributed by atoms with Crippen LogP contribution in [0, 0.1) is 3.57 Å². The molecule has 122 valence electrons. The average molecular weight is 431 g/mol. The number of hydrogen-bond acceptors (Lipinski definition) is 3.